The van der Waals surface area contributed by atoms with Gasteiger partial charge in [0, 0.05) is 30.0 Å². The first kappa shape index (κ1) is 19.3. The van der Waals surface area contributed by atoms with Crippen molar-refractivity contribution >= 4 is 28.9 Å². The van der Waals surface area contributed by atoms with Gasteiger partial charge in [0.25, 0.3) is 0 Å². The maximum Gasteiger partial charge on any atom is 0.222 e. The third-order valence-corrected chi connectivity index (χ3v) is 5.84. The number of aryl methyl sites for hydroxylation is 2. The minimum absolute atomic E-state index is 0.0123. The van der Waals surface area contributed by atoms with E-state index in [1.807, 2.05) is 24.4 Å². The number of ketones is 1. The number of aromatic nitrogens is 2. The van der Waals surface area contributed by atoms with E-state index in [0.29, 0.717) is 30.6 Å². The van der Waals surface area contributed by atoms with Gasteiger partial charge in [0.2, 0.25) is 11.8 Å². The molecule has 0 saturated carbocycles. The van der Waals surface area contributed by atoms with Crippen molar-refractivity contribution in [2.24, 2.45) is 0 Å². The summed E-state index contributed by atoms with van der Waals surface area (Å²) in [5.74, 6) is -0.0922. The highest BCUT2D eigenvalue weighted by Crippen LogP contribution is 2.27. The molecule has 8 heteroatoms. The SMILES string of the molecule is CC(=O)c1c(C)nn(CCC(=O)N[C@@H]2CCC(=O)N[C@H]2c2cccs2)c1C. The first-order valence-corrected chi connectivity index (χ1v) is 9.92. The van der Waals surface area contributed by atoms with Crippen LogP contribution in [0, 0.1) is 13.8 Å². The number of piperidine rings is 1. The number of hydrogen-bond donors (Lipinski definition) is 2. The van der Waals surface area contributed by atoms with Gasteiger partial charge in [-0.05, 0) is 38.6 Å². The predicted octanol–water partition coefficient (Wildman–Crippen LogP) is 2.29. The second-order valence-corrected chi connectivity index (χ2v) is 7.83. The lowest BCUT2D eigenvalue weighted by molar-refractivity contribution is -0.127. The monoisotopic (exact) mass is 388 g/mol. The summed E-state index contributed by atoms with van der Waals surface area (Å²) in [5.41, 5.74) is 2.10. The van der Waals surface area contributed by atoms with Crippen LogP contribution in [-0.4, -0.2) is 33.4 Å². The van der Waals surface area contributed by atoms with E-state index in [1.54, 1.807) is 22.9 Å². The minimum Gasteiger partial charge on any atom is -0.351 e. The largest absolute Gasteiger partial charge is 0.351 e. The Hall–Kier alpha value is -2.48. The Labute approximate surface area is 162 Å². The van der Waals surface area contributed by atoms with Gasteiger partial charge in [0.05, 0.1) is 23.3 Å². The van der Waals surface area contributed by atoms with E-state index < -0.39 is 0 Å². The average Bonchev–Trinajstić information content (AvgIpc) is 3.22. The van der Waals surface area contributed by atoms with Crippen molar-refractivity contribution in [3.05, 3.63) is 39.3 Å². The summed E-state index contributed by atoms with van der Waals surface area (Å²) in [6.45, 7) is 5.58. The lowest BCUT2D eigenvalue weighted by atomic mass is 9.96. The Morgan fingerprint density at radius 3 is 2.81 bits per heavy atom. The molecule has 2 N–H and O–H groups in total. The first-order valence-electron chi connectivity index (χ1n) is 9.04. The van der Waals surface area contributed by atoms with Crippen molar-refractivity contribution in [2.45, 2.75) is 58.7 Å². The van der Waals surface area contributed by atoms with Crippen molar-refractivity contribution < 1.29 is 14.4 Å². The van der Waals surface area contributed by atoms with Crippen LogP contribution >= 0.6 is 11.3 Å². The maximum absolute atomic E-state index is 12.5. The highest BCUT2D eigenvalue weighted by atomic mass is 32.1. The molecule has 2 amide bonds. The lowest BCUT2D eigenvalue weighted by Gasteiger charge is -2.32. The van der Waals surface area contributed by atoms with Gasteiger partial charge in [-0.15, -0.1) is 11.3 Å². The molecule has 0 radical (unpaired) electrons. The van der Waals surface area contributed by atoms with Crippen LogP contribution in [0.2, 0.25) is 0 Å². The number of carbonyl (C=O) groups excluding carboxylic acids is 3. The quantitative estimate of drug-likeness (QED) is 0.743. The highest BCUT2D eigenvalue weighted by Gasteiger charge is 2.31. The van der Waals surface area contributed by atoms with Crippen LogP contribution in [0.1, 0.15) is 58.9 Å². The van der Waals surface area contributed by atoms with E-state index >= 15 is 0 Å². The highest BCUT2D eigenvalue weighted by molar-refractivity contribution is 7.10. The molecule has 0 aliphatic carbocycles. The van der Waals surface area contributed by atoms with Crippen molar-refractivity contribution in [1.29, 1.82) is 0 Å². The topological polar surface area (TPSA) is 93.1 Å². The number of thiophene rings is 1. The van der Waals surface area contributed by atoms with Crippen LogP contribution in [0.15, 0.2) is 17.5 Å². The summed E-state index contributed by atoms with van der Waals surface area (Å²) in [6.07, 6.45) is 1.29. The molecule has 0 aromatic carbocycles. The molecule has 1 aliphatic rings. The molecule has 27 heavy (non-hydrogen) atoms. The third-order valence-electron chi connectivity index (χ3n) is 4.88. The van der Waals surface area contributed by atoms with E-state index in [9.17, 15) is 14.4 Å². The number of hydrogen-bond acceptors (Lipinski definition) is 5. The number of Topliss-reactive ketones (excluding diaryl/α,β-unsaturated/α-hetero) is 1. The van der Waals surface area contributed by atoms with E-state index in [4.69, 9.17) is 0 Å². The van der Waals surface area contributed by atoms with Gasteiger partial charge in [-0.3, -0.25) is 19.1 Å². The summed E-state index contributed by atoms with van der Waals surface area (Å²) in [6, 6.07) is 3.60. The van der Waals surface area contributed by atoms with E-state index in [1.165, 1.54) is 6.92 Å². The zero-order valence-electron chi connectivity index (χ0n) is 15.7. The van der Waals surface area contributed by atoms with Crippen LogP contribution in [0.4, 0.5) is 0 Å². The zero-order valence-corrected chi connectivity index (χ0v) is 16.6. The normalized spacial score (nSPS) is 19.6. The Balaban J connectivity index is 1.63. The molecule has 1 aliphatic heterocycles. The third kappa shape index (κ3) is 4.27. The molecule has 1 saturated heterocycles. The Bertz CT molecular complexity index is 857. The van der Waals surface area contributed by atoms with Crippen LogP contribution in [0.5, 0.6) is 0 Å². The molecule has 2 aromatic heterocycles. The van der Waals surface area contributed by atoms with Gasteiger partial charge >= 0.3 is 0 Å². The Morgan fingerprint density at radius 1 is 1.41 bits per heavy atom. The fourth-order valence-electron chi connectivity index (χ4n) is 3.60. The second kappa shape index (κ2) is 8.04. The van der Waals surface area contributed by atoms with Crippen molar-refractivity contribution in [3.8, 4) is 0 Å². The maximum atomic E-state index is 12.5. The molecule has 3 heterocycles. The number of carbonyl (C=O) groups is 3. The van der Waals surface area contributed by atoms with Gasteiger partial charge in [0.15, 0.2) is 5.78 Å². The number of nitrogens with zero attached hydrogens (tertiary/aromatic N) is 2. The predicted molar refractivity (Wildman–Crippen MR) is 103 cm³/mol. The molecule has 0 bridgehead atoms. The smallest absolute Gasteiger partial charge is 0.222 e. The first-order chi connectivity index (χ1) is 12.9. The number of rotatable bonds is 6. The van der Waals surface area contributed by atoms with Gasteiger partial charge in [-0.25, -0.2) is 0 Å². The van der Waals surface area contributed by atoms with E-state index in [2.05, 4.69) is 15.7 Å². The molecule has 2 atom stereocenters. The molecule has 0 spiro atoms. The van der Waals surface area contributed by atoms with Crippen molar-refractivity contribution in [2.75, 3.05) is 0 Å². The molecule has 0 unspecified atom stereocenters. The number of amides is 2. The second-order valence-electron chi connectivity index (χ2n) is 6.85. The van der Waals surface area contributed by atoms with E-state index in [-0.39, 0.29) is 36.1 Å². The molecular formula is C19H24N4O3S. The summed E-state index contributed by atoms with van der Waals surface area (Å²) >= 11 is 1.57. The molecule has 2 aromatic rings. The fraction of sp³-hybridized carbons (Fsp3) is 0.474. The van der Waals surface area contributed by atoms with Crippen LogP contribution in [0.25, 0.3) is 0 Å². The number of nitrogens with one attached hydrogen (secondary N) is 2. The molecule has 3 rings (SSSR count). The molecule has 144 valence electrons. The standard InChI is InChI=1S/C19H24N4O3S/c1-11-18(13(3)24)12(2)23(22-11)9-8-17(26)20-14-6-7-16(25)21-19(14)15-5-4-10-27-15/h4-5,10,14,19H,6-9H2,1-3H3,(H,20,26)(H,21,25)/t14-,19-/m1/s1. The van der Waals surface area contributed by atoms with Crippen LogP contribution in [-0.2, 0) is 16.1 Å². The summed E-state index contributed by atoms with van der Waals surface area (Å²) < 4.78 is 1.71. The van der Waals surface area contributed by atoms with Crippen LogP contribution < -0.4 is 10.6 Å². The summed E-state index contributed by atoms with van der Waals surface area (Å²) in [5, 5.41) is 12.4. The van der Waals surface area contributed by atoms with Crippen molar-refractivity contribution in [3.63, 3.8) is 0 Å². The Morgan fingerprint density at radius 2 is 2.19 bits per heavy atom. The van der Waals surface area contributed by atoms with Crippen LogP contribution in [0.3, 0.4) is 0 Å². The Kier molecular flexibility index (Phi) is 5.74. The minimum atomic E-state index is -0.187. The van der Waals surface area contributed by atoms with Gasteiger partial charge in [-0.2, -0.15) is 5.10 Å². The van der Waals surface area contributed by atoms with E-state index in [0.717, 1.165) is 10.6 Å². The molecule has 1 fully saturated rings. The lowest BCUT2D eigenvalue weighted by Crippen LogP contribution is -2.50. The summed E-state index contributed by atoms with van der Waals surface area (Å²) in [7, 11) is 0. The van der Waals surface area contributed by atoms with Gasteiger partial charge < -0.3 is 10.6 Å². The van der Waals surface area contributed by atoms with Gasteiger partial charge in [0.1, 0.15) is 0 Å². The summed E-state index contributed by atoms with van der Waals surface area (Å²) in [4.78, 5) is 37.0. The van der Waals surface area contributed by atoms with Crippen molar-refractivity contribution in [1.82, 2.24) is 20.4 Å². The average molecular weight is 388 g/mol. The van der Waals surface area contributed by atoms with Gasteiger partial charge in [-0.1, -0.05) is 6.07 Å². The fourth-order valence-corrected chi connectivity index (χ4v) is 4.44. The molecule has 7 nitrogen and oxygen atoms in total. The molecular weight excluding hydrogens is 364 g/mol. The zero-order chi connectivity index (χ0) is 19.6.